The van der Waals surface area contributed by atoms with Crippen molar-refractivity contribution in [1.82, 2.24) is 19.9 Å². The van der Waals surface area contributed by atoms with E-state index in [2.05, 4.69) is 45.2 Å². The van der Waals surface area contributed by atoms with E-state index in [4.69, 9.17) is 0 Å². The molecule has 0 unspecified atom stereocenters. The van der Waals surface area contributed by atoms with Crippen LogP contribution in [0.25, 0.3) is 11.4 Å². The lowest BCUT2D eigenvalue weighted by Crippen LogP contribution is -2.20. The molecule has 0 aromatic carbocycles. The van der Waals surface area contributed by atoms with Crippen molar-refractivity contribution in [3.05, 3.63) is 66.2 Å². The summed E-state index contributed by atoms with van der Waals surface area (Å²) in [7, 11) is 0. The zero-order valence-corrected chi connectivity index (χ0v) is 13.3. The van der Waals surface area contributed by atoms with Crippen LogP contribution in [0.15, 0.2) is 55.0 Å². The average molecular weight is 305 g/mol. The lowest BCUT2D eigenvalue weighted by atomic mass is 10.1. The Morgan fingerprint density at radius 3 is 2.57 bits per heavy atom. The fraction of sp³-hybridized carbons (Fsp3) is 0.222. The quantitative estimate of drug-likeness (QED) is 0.783. The standard InChI is InChI=1S/C18H19N5/c1-13-6-5-10-20-17(13)12-14(2)22-18-21-11-8-16(23-18)15-7-3-4-9-19-15/h3-11,14H,12H2,1-2H3,(H,21,22,23)/t14-/m0/s1. The molecule has 3 rings (SSSR count). The Labute approximate surface area is 135 Å². The highest BCUT2D eigenvalue weighted by Gasteiger charge is 2.09. The molecule has 0 saturated carbocycles. The number of hydrogen-bond acceptors (Lipinski definition) is 5. The summed E-state index contributed by atoms with van der Waals surface area (Å²) < 4.78 is 0. The van der Waals surface area contributed by atoms with Crippen LogP contribution in [-0.4, -0.2) is 26.0 Å². The Balaban J connectivity index is 1.72. The molecule has 5 nitrogen and oxygen atoms in total. The second kappa shape index (κ2) is 6.96. The first-order valence-corrected chi connectivity index (χ1v) is 7.64. The van der Waals surface area contributed by atoms with E-state index in [1.165, 1.54) is 5.56 Å². The minimum Gasteiger partial charge on any atom is -0.351 e. The number of nitrogens with one attached hydrogen (secondary N) is 1. The van der Waals surface area contributed by atoms with Crippen molar-refractivity contribution < 1.29 is 0 Å². The van der Waals surface area contributed by atoms with Crippen LogP contribution in [0.2, 0.25) is 0 Å². The highest BCUT2D eigenvalue weighted by atomic mass is 15.1. The summed E-state index contributed by atoms with van der Waals surface area (Å²) in [5.41, 5.74) is 3.94. The second-order valence-electron chi connectivity index (χ2n) is 5.50. The topological polar surface area (TPSA) is 63.6 Å². The fourth-order valence-electron chi connectivity index (χ4n) is 2.38. The third kappa shape index (κ3) is 3.88. The molecule has 0 aliphatic heterocycles. The average Bonchev–Trinajstić information content (AvgIpc) is 2.58. The SMILES string of the molecule is Cc1cccnc1C[C@H](C)Nc1nccc(-c2ccccn2)n1. The van der Waals surface area contributed by atoms with Crippen LogP contribution in [0, 0.1) is 6.92 Å². The van der Waals surface area contributed by atoms with Gasteiger partial charge in [-0.25, -0.2) is 9.97 Å². The Bertz CT molecular complexity index is 773. The fourth-order valence-corrected chi connectivity index (χ4v) is 2.38. The smallest absolute Gasteiger partial charge is 0.223 e. The second-order valence-corrected chi connectivity index (χ2v) is 5.50. The van der Waals surface area contributed by atoms with Gasteiger partial charge in [0.05, 0.1) is 11.4 Å². The minimum absolute atomic E-state index is 0.183. The molecular formula is C18H19N5. The van der Waals surface area contributed by atoms with E-state index in [0.717, 1.165) is 23.5 Å². The molecule has 1 N–H and O–H groups in total. The van der Waals surface area contributed by atoms with E-state index in [1.54, 1.807) is 12.4 Å². The predicted octanol–water partition coefficient (Wildman–Crippen LogP) is 3.29. The first-order valence-electron chi connectivity index (χ1n) is 7.64. The van der Waals surface area contributed by atoms with E-state index < -0.39 is 0 Å². The lowest BCUT2D eigenvalue weighted by molar-refractivity contribution is 0.754. The number of aryl methyl sites for hydroxylation is 1. The van der Waals surface area contributed by atoms with Crippen molar-refractivity contribution in [2.45, 2.75) is 26.3 Å². The van der Waals surface area contributed by atoms with Crippen LogP contribution < -0.4 is 5.32 Å². The maximum atomic E-state index is 4.54. The molecule has 3 aromatic rings. The molecule has 0 amide bonds. The molecule has 0 saturated heterocycles. The van der Waals surface area contributed by atoms with Gasteiger partial charge < -0.3 is 5.32 Å². The molecular weight excluding hydrogens is 286 g/mol. The Hall–Kier alpha value is -2.82. The molecule has 0 spiro atoms. The summed E-state index contributed by atoms with van der Waals surface area (Å²) in [6.07, 6.45) is 6.16. The highest BCUT2D eigenvalue weighted by Crippen LogP contribution is 2.15. The van der Waals surface area contributed by atoms with Gasteiger partial charge in [-0.3, -0.25) is 9.97 Å². The maximum Gasteiger partial charge on any atom is 0.223 e. The highest BCUT2D eigenvalue weighted by molar-refractivity contribution is 5.54. The molecule has 0 aliphatic rings. The Morgan fingerprint density at radius 2 is 1.78 bits per heavy atom. The molecule has 3 aromatic heterocycles. The summed E-state index contributed by atoms with van der Waals surface area (Å²) in [5.74, 6) is 0.606. The first-order chi connectivity index (χ1) is 11.2. The van der Waals surface area contributed by atoms with E-state index in [9.17, 15) is 0 Å². The molecule has 1 atom stereocenters. The van der Waals surface area contributed by atoms with Gasteiger partial charge in [-0.2, -0.15) is 0 Å². The third-order valence-electron chi connectivity index (χ3n) is 3.58. The Kier molecular flexibility index (Phi) is 4.57. The zero-order chi connectivity index (χ0) is 16.1. The van der Waals surface area contributed by atoms with Gasteiger partial charge in [0.2, 0.25) is 5.95 Å². The van der Waals surface area contributed by atoms with Gasteiger partial charge in [-0.15, -0.1) is 0 Å². The summed E-state index contributed by atoms with van der Waals surface area (Å²) in [5, 5.41) is 3.34. The number of hydrogen-bond donors (Lipinski definition) is 1. The first kappa shape index (κ1) is 15.1. The van der Waals surface area contributed by atoms with Crippen LogP contribution in [0.5, 0.6) is 0 Å². The molecule has 0 radical (unpaired) electrons. The molecule has 5 heteroatoms. The van der Waals surface area contributed by atoms with Crippen LogP contribution in [0.4, 0.5) is 5.95 Å². The molecule has 3 heterocycles. The lowest BCUT2D eigenvalue weighted by Gasteiger charge is -2.14. The maximum absolute atomic E-state index is 4.54. The van der Waals surface area contributed by atoms with Gasteiger partial charge >= 0.3 is 0 Å². The van der Waals surface area contributed by atoms with E-state index in [1.807, 2.05) is 36.5 Å². The minimum atomic E-state index is 0.183. The van der Waals surface area contributed by atoms with E-state index >= 15 is 0 Å². The number of aromatic nitrogens is 4. The van der Waals surface area contributed by atoms with Crippen molar-refractivity contribution in [1.29, 1.82) is 0 Å². The third-order valence-corrected chi connectivity index (χ3v) is 3.58. The molecule has 0 fully saturated rings. The summed E-state index contributed by atoms with van der Waals surface area (Å²) in [6, 6.07) is 11.9. The molecule has 23 heavy (non-hydrogen) atoms. The van der Waals surface area contributed by atoms with Gasteiger partial charge in [0, 0.05) is 36.7 Å². The number of anilines is 1. The van der Waals surface area contributed by atoms with Crippen LogP contribution in [0.1, 0.15) is 18.2 Å². The van der Waals surface area contributed by atoms with Crippen molar-refractivity contribution in [3.8, 4) is 11.4 Å². The van der Waals surface area contributed by atoms with Crippen molar-refractivity contribution in [2.24, 2.45) is 0 Å². The summed E-state index contributed by atoms with van der Waals surface area (Å²) >= 11 is 0. The summed E-state index contributed by atoms with van der Waals surface area (Å²) in [6.45, 7) is 4.18. The van der Waals surface area contributed by atoms with Gasteiger partial charge in [0.25, 0.3) is 0 Å². The van der Waals surface area contributed by atoms with Crippen LogP contribution >= 0.6 is 0 Å². The number of rotatable bonds is 5. The van der Waals surface area contributed by atoms with Crippen molar-refractivity contribution >= 4 is 5.95 Å². The molecule has 0 bridgehead atoms. The van der Waals surface area contributed by atoms with Crippen LogP contribution in [-0.2, 0) is 6.42 Å². The molecule has 0 aliphatic carbocycles. The van der Waals surface area contributed by atoms with Crippen molar-refractivity contribution in [3.63, 3.8) is 0 Å². The zero-order valence-electron chi connectivity index (χ0n) is 13.3. The monoisotopic (exact) mass is 305 g/mol. The largest absolute Gasteiger partial charge is 0.351 e. The van der Waals surface area contributed by atoms with E-state index in [-0.39, 0.29) is 6.04 Å². The normalized spacial score (nSPS) is 11.9. The van der Waals surface area contributed by atoms with Crippen molar-refractivity contribution in [2.75, 3.05) is 5.32 Å². The van der Waals surface area contributed by atoms with E-state index in [0.29, 0.717) is 5.95 Å². The van der Waals surface area contributed by atoms with Gasteiger partial charge in [0.15, 0.2) is 0 Å². The Morgan fingerprint density at radius 1 is 0.913 bits per heavy atom. The summed E-state index contributed by atoms with van der Waals surface area (Å²) in [4.78, 5) is 17.6. The number of nitrogens with zero attached hydrogens (tertiary/aromatic N) is 4. The van der Waals surface area contributed by atoms with Gasteiger partial charge in [-0.05, 0) is 43.7 Å². The van der Waals surface area contributed by atoms with Crippen LogP contribution in [0.3, 0.4) is 0 Å². The van der Waals surface area contributed by atoms with Gasteiger partial charge in [0.1, 0.15) is 0 Å². The molecule has 116 valence electrons. The van der Waals surface area contributed by atoms with Gasteiger partial charge in [-0.1, -0.05) is 12.1 Å². The predicted molar refractivity (Wildman–Crippen MR) is 91.0 cm³/mol. The number of pyridine rings is 2.